The highest BCUT2D eigenvalue weighted by Gasteiger charge is 2.43. The van der Waals surface area contributed by atoms with Crippen LogP contribution < -0.4 is 5.32 Å². The van der Waals surface area contributed by atoms with Gasteiger partial charge in [0.2, 0.25) is 17.7 Å². The van der Waals surface area contributed by atoms with Crippen molar-refractivity contribution in [2.75, 3.05) is 55.0 Å². The number of likely N-dealkylation sites (N-methyl/N-ethyl adjacent to an activating group) is 3. The van der Waals surface area contributed by atoms with Crippen molar-refractivity contribution in [2.45, 2.75) is 143 Å². The summed E-state index contributed by atoms with van der Waals surface area (Å²) in [5, 5.41) is 6.00. The molecule has 3 rings (SSSR count). The first-order valence-corrected chi connectivity index (χ1v) is 23.5. The van der Waals surface area contributed by atoms with Crippen LogP contribution in [-0.2, 0) is 35.1 Å². The summed E-state index contributed by atoms with van der Waals surface area (Å²) < 4.78 is 12.2. The molecule has 9 atom stereocenters. The van der Waals surface area contributed by atoms with Crippen LogP contribution in [-0.4, -0.2) is 139 Å². The van der Waals surface area contributed by atoms with Gasteiger partial charge in [-0.1, -0.05) is 85.2 Å². The van der Waals surface area contributed by atoms with E-state index in [4.69, 9.17) is 9.47 Å². The zero-order valence-corrected chi connectivity index (χ0v) is 40.7. The van der Waals surface area contributed by atoms with Crippen LogP contribution in [0.25, 0.3) is 0 Å². The van der Waals surface area contributed by atoms with Crippen molar-refractivity contribution in [3.05, 3.63) is 52.5 Å². The highest BCUT2D eigenvalue weighted by Crippen LogP contribution is 2.32. The molecule has 12 nitrogen and oxygen atoms in total. The van der Waals surface area contributed by atoms with Crippen LogP contribution in [0.3, 0.4) is 0 Å². The molecule has 1 saturated heterocycles. The van der Waals surface area contributed by atoms with E-state index in [2.05, 4.69) is 68.7 Å². The largest absolute Gasteiger partial charge is 0.379 e. The average molecular weight is 869 g/mol. The summed E-state index contributed by atoms with van der Waals surface area (Å²) in [7, 11) is 9.13. The number of carbonyl (C=O) groups is 4. The number of hydrogen-bond donors (Lipinski definition) is 1. The van der Waals surface area contributed by atoms with Crippen LogP contribution in [0.15, 0.2) is 41.9 Å². The van der Waals surface area contributed by atoms with Crippen molar-refractivity contribution in [1.82, 2.24) is 29.9 Å². The number of hydrogen-bond acceptors (Lipinski definition) is 10. The fourth-order valence-electron chi connectivity index (χ4n) is 9.11. The molecule has 13 heteroatoms. The Hall–Kier alpha value is -3.23. The number of benzene rings is 1. The molecule has 1 fully saturated rings. The van der Waals surface area contributed by atoms with Gasteiger partial charge >= 0.3 is 0 Å². The molecule has 344 valence electrons. The fraction of sp³-hybridized carbons (Fsp3) is 0.729. The molecule has 1 aliphatic heterocycles. The van der Waals surface area contributed by atoms with E-state index in [9.17, 15) is 19.2 Å². The fourth-order valence-corrected chi connectivity index (χ4v) is 9.80. The lowest BCUT2D eigenvalue weighted by Gasteiger charge is -2.41. The Bertz CT molecular complexity index is 1630. The molecule has 0 aliphatic carbocycles. The van der Waals surface area contributed by atoms with E-state index >= 15 is 0 Å². The van der Waals surface area contributed by atoms with Gasteiger partial charge in [0.15, 0.2) is 5.78 Å². The van der Waals surface area contributed by atoms with Gasteiger partial charge in [-0.2, -0.15) is 0 Å². The molecule has 1 aromatic carbocycles. The Balaban J connectivity index is 1.78. The van der Waals surface area contributed by atoms with E-state index in [-0.39, 0.29) is 72.2 Å². The third-order valence-corrected chi connectivity index (χ3v) is 14.2. The predicted molar refractivity (Wildman–Crippen MR) is 246 cm³/mol. The summed E-state index contributed by atoms with van der Waals surface area (Å²) in [6.07, 6.45) is 3.70. The lowest BCUT2D eigenvalue weighted by Crippen LogP contribution is -2.54. The number of carbonyl (C=O) groups excluding carboxylic acids is 4. The Morgan fingerprint density at radius 2 is 1.56 bits per heavy atom. The molecule has 0 radical (unpaired) electrons. The van der Waals surface area contributed by atoms with Gasteiger partial charge < -0.3 is 29.5 Å². The number of rotatable bonds is 26. The van der Waals surface area contributed by atoms with Crippen LogP contribution in [0.1, 0.15) is 111 Å². The molecule has 1 aliphatic rings. The molecule has 0 bridgehead atoms. The normalized spacial score (nSPS) is 18.6. The summed E-state index contributed by atoms with van der Waals surface area (Å²) in [6, 6.07) is 9.13. The first-order valence-electron chi connectivity index (χ1n) is 22.7. The van der Waals surface area contributed by atoms with Crippen molar-refractivity contribution in [3.63, 3.8) is 0 Å². The minimum Gasteiger partial charge on any atom is -0.379 e. The number of amides is 3. The number of ether oxygens (including phenoxy) is 2. The van der Waals surface area contributed by atoms with Gasteiger partial charge in [0, 0.05) is 70.9 Å². The van der Waals surface area contributed by atoms with Crippen molar-refractivity contribution < 1.29 is 28.7 Å². The molecule has 2 aromatic rings. The zero-order chi connectivity index (χ0) is 45.6. The van der Waals surface area contributed by atoms with Crippen molar-refractivity contribution >= 4 is 34.8 Å². The molecule has 0 saturated carbocycles. The first-order chi connectivity index (χ1) is 28.9. The van der Waals surface area contributed by atoms with Crippen LogP contribution in [0, 0.1) is 29.6 Å². The standard InChI is InChI=1S/C48H80N6O6S/c1-15-34(8)44(53(12)48(58)37(31(2)3)29-40(55)43(32(4)5)52(11)26-25-51(10)33(6)7)41(59-13)30-42(56)54-24-19-22-39(54)45(60-14)35(9)46(57)50-38(47-49-23-27-61-47)28-36-20-17-16-18-21-36/h16-18,20-21,23,27,31-35,37-39,41,43-45H,15,19,22,24-26,28-30H2,1-14H3,(H,50,57)/t34-,35+,37-,38-,39-,41+,43-,44-,45+/m0/s1. The Kier molecular flexibility index (Phi) is 21.5. The van der Waals surface area contributed by atoms with Crippen LogP contribution in [0.4, 0.5) is 0 Å². The maximum absolute atomic E-state index is 14.6. The van der Waals surface area contributed by atoms with Crippen LogP contribution in [0.2, 0.25) is 0 Å². The lowest BCUT2D eigenvalue weighted by molar-refractivity contribution is -0.149. The number of ketones is 1. The third-order valence-electron chi connectivity index (χ3n) is 13.3. The maximum atomic E-state index is 14.6. The second kappa shape index (κ2) is 25.2. The van der Waals surface area contributed by atoms with Crippen molar-refractivity contribution in [2.24, 2.45) is 29.6 Å². The van der Waals surface area contributed by atoms with Gasteiger partial charge in [-0.25, -0.2) is 4.98 Å². The highest BCUT2D eigenvalue weighted by molar-refractivity contribution is 7.09. The molecular formula is C48H80N6O6S. The minimum atomic E-state index is -0.590. The Morgan fingerprint density at radius 1 is 0.902 bits per heavy atom. The summed E-state index contributed by atoms with van der Waals surface area (Å²) >= 11 is 1.51. The molecule has 61 heavy (non-hydrogen) atoms. The first kappa shape index (κ1) is 52.1. The monoisotopic (exact) mass is 869 g/mol. The summed E-state index contributed by atoms with van der Waals surface area (Å²) in [5.41, 5.74) is 1.10. The quantitative estimate of drug-likeness (QED) is 0.107. The smallest absolute Gasteiger partial charge is 0.226 e. The van der Waals surface area contributed by atoms with E-state index in [0.717, 1.165) is 36.5 Å². The minimum absolute atomic E-state index is 0.00851. The summed E-state index contributed by atoms with van der Waals surface area (Å²) in [6.45, 7) is 20.7. The van der Waals surface area contributed by atoms with E-state index in [0.29, 0.717) is 25.4 Å². The highest BCUT2D eigenvalue weighted by atomic mass is 32.1. The van der Waals surface area contributed by atoms with E-state index in [1.807, 2.05) is 68.4 Å². The van der Waals surface area contributed by atoms with E-state index in [1.165, 1.54) is 11.3 Å². The molecule has 0 spiro atoms. The molecule has 2 heterocycles. The van der Waals surface area contributed by atoms with E-state index in [1.54, 1.807) is 32.4 Å². The topological polar surface area (TPSA) is 125 Å². The van der Waals surface area contributed by atoms with Crippen LogP contribution in [0.5, 0.6) is 0 Å². The summed E-state index contributed by atoms with van der Waals surface area (Å²) in [5.74, 6) is -1.33. The average Bonchev–Trinajstić information content (AvgIpc) is 3.95. The van der Waals surface area contributed by atoms with Gasteiger partial charge in [0.1, 0.15) is 5.01 Å². The van der Waals surface area contributed by atoms with E-state index < -0.39 is 30.1 Å². The number of methoxy groups -OCH3 is 2. The molecule has 0 unspecified atom stereocenters. The summed E-state index contributed by atoms with van der Waals surface area (Å²) in [4.78, 5) is 69.7. The number of Topliss-reactive ketones (excluding diaryl/α,β-unsaturated/α-hetero) is 1. The molecular weight excluding hydrogens is 789 g/mol. The number of nitrogens with one attached hydrogen (secondary N) is 1. The van der Waals surface area contributed by atoms with Gasteiger partial charge in [-0.05, 0) is 70.5 Å². The van der Waals surface area contributed by atoms with Gasteiger partial charge in [-0.15, -0.1) is 11.3 Å². The second-order valence-corrected chi connectivity index (χ2v) is 19.4. The SMILES string of the molecule is CC[C@H](C)[C@@H]([C@@H](CC(=O)N1CCC[C@H]1[C@H](OC)[C@@H](C)C(=O)N[C@@H](Cc1ccccc1)c1nccs1)OC)N(C)C(=O)[C@@H](CC(=O)[C@H](C(C)C)N(C)CCN(C)C(C)C)C(C)C. The Labute approximate surface area is 372 Å². The third kappa shape index (κ3) is 14.4. The maximum Gasteiger partial charge on any atom is 0.226 e. The van der Waals surface area contributed by atoms with Gasteiger partial charge in [0.25, 0.3) is 0 Å². The van der Waals surface area contributed by atoms with Crippen LogP contribution >= 0.6 is 11.3 Å². The second-order valence-electron chi connectivity index (χ2n) is 18.5. The molecule has 1 aromatic heterocycles. The number of aromatic nitrogens is 1. The number of thiazole rings is 1. The molecule has 1 N–H and O–H groups in total. The molecule has 3 amide bonds. The van der Waals surface area contributed by atoms with Crippen molar-refractivity contribution in [1.29, 1.82) is 0 Å². The Morgan fingerprint density at radius 3 is 2.10 bits per heavy atom. The number of nitrogens with zero attached hydrogens (tertiary/aromatic N) is 5. The lowest BCUT2D eigenvalue weighted by atomic mass is 9.83. The number of likely N-dealkylation sites (tertiary alicyclic amines) is 1. The van der Waals surface area contributed by atoms with Gasteiger partial charge in [0.05, 0.1) is 48.7 Å². The van der Waals surface area contributed by atoms with Crippen molar-refractivity contribution in [3.8, 4) is 0 Å². The zero-order valence-electron chi connectivity index (χ0n) is 39.9. The predicted octanol–water partition coefficient (Wildman–Crippen LogP) is 6.99. The van der Waals surface area contributed by atoms with Gasteiger partial charge in [-0.3, -0.25) is 24.1 Å².